The third-order valence-electron chi connectivity index (χ3n) is 4.22. The summed E-state index contributed by atoms with van der Waals surface area (Å²) in [6.07, 6.45) is 12.3. The van der Waals surface area contributed by atoms with E-state index in [0.29, 0.717) is 30.5 Å². The highest BCUT2D eigenvalue weighted by Gasteiger charge is 2.18. The van der Waals surface area contributed by atoms with Gasteiger partial charge in [-0.3, -0.25) is 4.79 Å². The van der Waals surface area contributed by atoms with Crippen molar-refractivity contribution < 1.29 is 23.9 Å². The molecule has 0 bridgehead atoms. The van der Waals surface area contributed by atoms with Gasteiger partial charge < -0.3 is 14.3 Å². The quantitative estimate of drug-likeness (QED) is 0.261. The number of quaternary nitrogens is 1. The molecule has 5 nitrogen and oxygen atoms in total. The number of nitrogens with zero attached hydrogens (tertiary/aromatic N) is 1. The predicted octanol–water partition coefficient (Wildman–Crippen LogP) is 4.00. The number of rotatable bonds is 16. The van der Waals surface area contributed by atoms with Crippen LogP contribution in [0.5, 0.6) is 0 Å². The maximum atomic E-state index is 11.6. The molecule has 0 atom stereocenters. The van der Waals surface area contributed by atoms with E-state index >= 15 is 0 Å². The number of likely N-dealkylation sites (N-methyl/N-ethyl adjacent to an activating group) is 1. The van der Waals surface area contributed by atoms with Crippen molar-refractivity contribution in [2.24, 2.45) is 0 Å². The molecule has 0 aromatic rings. The third-order valence-corrected chi connectivity index (χ3v) is 4.22. The molecule has 0 saturated heterocycles. The van der Waals surface area contributed by atoms with E-state index < -0.39 is 5.97 Å². The molecule has 0 spiro atoms. The molecule has 0 aromatic carbocycles. The van der Waals surface area contributed by atoms with E-state index in [1.54, 1.807) is 0 Å². The van der Waals surface area contributed by atoms with Crippen LogP contribution in [0.3, 0.4) is 0 Å². The van der Waals surface area contributed by atoms with Crippen LogP contribution < -0.4 is 0 Å². The molecular formula is C19H38NO4+. The monoisotopic (exact) mass is 344 g/mol. The summed E-state index contributed by atoms with van der Waals surface area (Å²) in [6.45, 7) is 3.40. The summed E-state index contributed by atoms with van der Waals surface area (Å²) in [4.78, 5) is 22.3. The summed E-state index contributed by atoms with van der Waals surface area (Å²) in [7, 11) is 3.75. The van der Waals surface area contributed by atoms with Gasteiger partial charge in [-0.1, -0.05) is 58.3 Å². The number of hydrogen-bond donors (Lipinski definition) is 1. The molecule has 0 amide bonds. The molecule has 24 heavy (non-hydrogen) atoms. The zero-order chi connectivity index (χ0) is 18.3. The van der Waals surface area contributed by atoms with Gasteiger partial charge in [0.25, 0.3) is 0 Å². The van der Waals surface area contributed by atoms with Gasteiger partial charge in [0.15, 0.2) is 6.54 Å². The highest BCUT2D eigenvalue weighted by Crippen LogP contribution is 2.10. The summed E-state index contributed by atoms with van der Waals surface area (Å²) in [5, 5.41) is 8.81. The standard InChI is InChI=1S/C19H37NO4/c1-4-5-6-7-8-9-10-11-12-14-19(23)24-16-13-15-20(2,3)17-18(21)22/h4-17H2,1-3H3/p+1. The van der Waals surface area contributed by atoms with Gasteiger partial charge in [-0.2, -0.15) is 0 Å². The molecule has 142 valence electrons. The van der Waals surface area contributed by atoms with Crippen LogP contribution in [-0.4, -0.2) is 55.3 Å². The Kier molecular flexibility index (Phi) is 13.6. The van der Waals surface area contributed by atoms with E-state index in [-0.39, 0.29) is 12.5 Å². The number of esters is 1. The van der Waals surface area contributed by atoms with Crippen molar-refractivity contribution >= 4 is 11.9 Å². The van der Waals surface area contributed by atoms with Crippen LogP contribution >= 0.6 is 0 Å². The van der Waals surface area contributed by atoms with Crippen molar-refractivity contribution in [2.75, 3.05) is 33.8 Å². The number of hydrogen-bond acceptors (Lipinski definition) is 3. The van der Waals surface area contributed by atoms with E-state index in [2.05, 4.69) is 6.92 Å². The molecular weight excluding hydrogens is 306 g/mol. The summed E-state index contributed by atoms with van der Waals surface area (Å²) >= 11 is 0. The lowest BCUT2D eigenvalue weighted by Gasteiger charge is -2.27. The lowest BCUT2D eigenvalue weighted by molar-refractivity contribution is -0.883. The van der Waals surface area contributed by atoms with Crippen LogP contribution in [0.4, 0.5) is 0 Å². The molecule has 0 rings (SSSR count). The fourth-order valence-electron chi connectivity index (χ4n) is 2.78. The molecule has 0 aliphatic carbocycles. The van der Waals surface area contributed by atoms with Crippen LogP contribution in [0.1, 0.15) is 77.6 Å². The normalized spacial score (nSPS) is 11.5. The second kappa shape index (κ2) is 14.3. The maximum absolute atomic E-state index is 11.6. The van der Waals surface area contributed by atoms with Crippen molar-refractivity contribution in [1.29, 1.82) is 0 Å². The SMILES string of the molecule is CCCCCCCCCCCC(=O)OCCC[N+](C)(C)CC(=O)O. The van der Waals surface area contributed by atoms with E-state index in [0.717, 1.165) is 12.8 Å². The summed E-state index contributed by atoms with van der Waals surface area (Å²) in [5.41, 5.74) is 0. The van der Waals surface area contributed by atoms with Crippen molar-refractivity contribution in [3.8, 4) is 0 Å². The molecule has 0 aromatic heterocycles. The first-order chi connectivity index (χ1) is 11.4. The van der Waals surface area contributed by atoms with Gasteiger partial charge in [-0.05, 0) is 6.42 Å². The first-order valence-electron chi connectivity index (χ1n) is 9.57. The second-order valence-corrected chi connectivity index (χ2v) is 7.36. The Hall–Kier alpha value is -1.10. The van der Waals surface area contributed by atoms with E-state index in [4.69, 9.17) is 9.84 Å². The van der Waals surface area contributed by atoms with Crippen LogP contribution in [0.2, 0.25) is 0 Å². The number of carbonyl (C=O) groups excluding carboxylic acids is 1. The fourth-order valence-corrected chi connectivity index (χ4v) is 2.78. The van der Waals surface area contributed by atoms with Crippen LogP contribution in [0, 0.1) is 0 Å². The molecule has 0 aliphatic rings. The molecule has 0 heterocycles. The predicted molar refractivity (Wildman–Crippen MR) is 96.9 cm³/mol. The Balaban J connectivity index is 3.43. The third kappa shape index (κ3) is 15.8. The van der Waals surface area contributed by atoms with Gasteiger partial charge in [0.1, 0.15) is 0 Å². The van der Waals surface area contributed by atoms with Gasteiger partial charge in [-0.15, -0.1) is 0 Å². The topological polar surface area (TPSA) is 63.6 Å². The zero-order valence-corrected chi connectivity index (χ0v) is 16.0. The Morgan fingerprint density at radius 1 is 0.875 bits per heavy atom. The first-order valence-corrected chi connectivity index (χ1v) is 9.57. The lowest BCUT2D eigenvalue weighted by Crippen LogP contribution is -2.44. The number of ether oxygens (including phenoxy) is 1. The average Bonchev–Trinajstić information content (AvgIpc) is 2.48. The molecule has 5 heteroatoms. The minimum atomic E-state index is -0.803. The number of unbranched alkanes of at least 4 members (excludes halogenated alkanes) is 8. The molecule has 0 fully saturated rings. The van der Waals surface area contributed by atoms with Gasteiger partial charge in [0.05, 0.1) is 27.2 Å². The van der Waals surface area contributed by atoms with Gasteiger partial charge >= 0.3 is 11.9 Å². The van der Waals surface area contributed by atoms with Crippen molar-refractivity contribution in [2.45, 2.75) is 77.6 Å². The number of carboxylic acid groups (broad SMARTS) is 1. The Morgan fingerprint density at radius 2 is 1.42 bits per heavy atom. The Morgan fingerprint density at radius 3 is 1.96 bits per heavy atom. The van der Waals surface area contributed by atoms with Gasteiger partial charge in [0, 0.05) is 12.8 Å². The highest BCUT2D eigenvalue weighted by molar-refractivity contribution is 5.69. The summed E-state index contributed by atoms with van der Waals surface area (Å²) in [5.74, 6) is -0.927. The number of carbonyl (C=O) groups is 2. The molecule has 0 radical (unpaired) electrons. The Bertz CT molecular complexity index is 342. The number of aliphatic carboxylic acids is 1. The minimum Gasteiger partial charge on any atom is -0.477 e. The molecule has 1 N–H and O–H groups in total. The van der Waals surface area contributed by atoms with Crippen molar-refractivity contribution in [3.63, 3.8) is 0 Å². The average molecular weight is 345 g/mol. The van der Waals surface area contributed by atoms with Crippen LogP contribution in [0.25, 0.3) is 0 Å². The molecule has 0 unspecified atom stereocenters. The van der Waals surface area contributed by atoms with Crippen LogP contribution in [0.15, 0.2) is 0 Å². The maximum Gasteiger partial charge on any atom is 0.359 e. The van der Waals surface area contributed by atoms with Crippen molar-refractivity contribution in [1.82, 2.24) is 0 Å². The van der Waals surface area contributed by atoms with E-state index in [1.807, 2.05) is 14.1 Å². The minimum absolute atomic E-state index is 0.0897. The summed E-state index contributed by atoms with van der Waals surface area (Å²) in [6, 6.07) is 0. The van der Waals surface area contributed by atoms with E-state index in [1.165, 1.54) is 44.9 Å². The fraction of sp³-hybridized carbons (Fsp3) is 0.895. The number of carboxylic acids is 1. The second-order valence-electron chi connectivity index (χ2n) is 7.36. The van der Waals surface area contributed by atoms with Gasteiger partial charge in [-0.25, -0.2) is 4.79 Å². The Labute approximate surface area is 148 Å². The largest absolute Gasteiger partial charge is 0.477 e. The van der Waals surface area contributed by atoms with Crippen molar-refractivity contribution in [3.05, 3.63) is 0 Å². The molecule has 0 saturated carbocycles. The van der Waals surface area contributed by atoms with E-state index in [9.17, 15) is 9.59 Å². The highest BCUT2D eigenvalue weighted by atomic mass is 16.5. The summed E-state index contributed by atoms with van der Waals surface area (Å²) < 4.78 is 5.63. The smallest absolute Gasteiger partial charge is 0.359 e. The van der Waals surface area contributed by atoms with Crippen LogP contribution in [-0.2, 0) is 14.3 Å². The molecule has 0 aliphatic heterocycles. The first kappa shape index (κ1) is 22.9. The lowest BCUT2D eigenvalue weighted by atomic mass is 10.1. The van der Waals surface area contributed by atoms with Gasteiger partial charge in [0.2, 0.25) is 0 Å². The zero-order valence-electron chi connectivity index (χ0n) is 16.0.